The summed E-state index contributed by atoms with van der Waals surface area (Å²) in [7, 11) is 3.11. The van der Waals surface area contributed by atoms with Crippen LogP contribution < -0.4 is 4.74 Å². The summed E-state index contributed by atoms with van der Waals surface area (Å²) in [5, 5.41) is 0.724. The number of carbonyl (C=O) groups excluding carboxylic acids is 1. The second-order valence-corrected chi connectivity index (χ2v) is 5.50. The van der Waals surface area contributed by atoms with E-state index < -0.39 is 0 Å². The van der Waals surface area contributed by atoms with Gasteiger partial charge in [0.05, 0.1) is 29.8 Å². The van der Waals surface area contributed by atoms with Gasteiger partial charge < -0.3 is 14.4 Å². The Balaban J connectivity index is 2.36. The van der Waals surface area contributed by atoms with Crippen molar-refractivity contribution in [2.24, 2.45) is 0 Å². The highest BCUT2D eigenvalue weighted by atomic mass is 35.5. The van der Waals surface area contributed by atoms with E-state index in [1.54, 1.807) is 24.1 Å². The van der Waals surface area contributed by atoms with Gasteiger partial charge in [0.15, 0.2) is 5.75 Å². The zero-order chi connectivity index (χ0) is 14.7. The number of amides is 1. The number of carbonyl (C=O) groups is 1. The normalized spacial score (nSPS) is 18.4. The molecule has 0 bridgehead atoms. The molecule has 1 aromatic rings. The Morgan fingerprint density at radius 3 is 2.70 bits per heavy atom. The van der Waals surface area contributed by atoms with Gasteiger partial charge in [0.2, 0.25) is 0 Å². The third-order valence-corrected chi connectivity index (χ3v) is 4.09. The van der Waals surface area contributed by atoms with Gasteiger partial charge >= 0.3 is 0 Å². The van der Waals surface area contributed by atoms with Gasteiger partial charge in [-0.05, 0) is 25.0 Å². The second-order valence-electron chi connectivity index (χ2n) is 4.69. The summed E-state index contributed by atoms with van der Waals surface area (Å²) in [4.78, 5) is 14.5. The van der Waals surface area contributed by atoms with E-state index in [0.717, 1.165) is 12.8 Å². The average Bonchev–Trinajstić information content (AvgIpc) is 2.89. The zero-order valence-electron chi connectivity index (χ0n) is 11.5. The van der Waals surface area contributed by atoms with E-state index in [1.165, 1.54) is 7.11 Å². The number of likely N-dealkylation sites (tertiary alicyclic amines) is 1. The molecule has 0 N–H and O–H groups in total. The maximum atomic E-state index is 12.7. The van der Waals surface area contributed by atoms with Crippen LogP contribution in [0.5, 0.6) is 5.75 Å². The van der Waals surface area contributed by atoms with Crippen LogP contribution in [0, 0.1) is 0 Å². The van der Waals surface area contributed by atoms with E-state index in [0.29, 0.717) is 34.5 Å². The molecule has 1 aliphatic rings. The highest BCUT2D eigenvalue weighted by molar-refractivity contribution is 6.37. The lowest BCUT2D eigenvalue weighted by molar-refractivity contribution is 0.0627. The molecule has 1 amide bonds. The van der Waals surface area contributed by atoms with Crippen LogP contribution in [0.3, 0.4) is 0 Å². The molecule has 1 atom stereocenters. The Hall–Kier alpha value is -0.970. The largest absolute Gasteiger partial charge is 0.494 e. The van der Waals surface area contributed by atoms with Crippen LogP contribution in [0.25, 0.3) is 0 Å². The smallest absolute Gasteiger partial charge is 0.259 e. The van der Waals surface area contributed by atoms with Crippen molar-refractivity contribution < 1.29 is 14.3 Å². The Labute approximate surface area is 128 Å². The lowest BCUT2D eigenvalue weighted by Crippen LogP contribution is -2.38. The number of halogens is 2. The average molecular weight is 318 g/mol. The van der Waals surface area contributed by atoms with Crippen molar-refractivity contribution in [3.8, 4) is 5.75 Å². The first-order valence-electron chi connectivity index (χ1n) is 6.42. The fourth-order valence-electron chi connectivity index (χ4n) is 2.54. The molecule has 20 heavy (non-hydrogen) atoms. The molecule has 2 rings (SSSR count). The van der Waals surface area contributed by atoms with Crippen molar-refractivity contribution in [1.82, 2.24) is 4.90 Å². The summed E-state index contributed by atoms with van der Waals surface area (Å²) < 4.78 is 10.4. The molecule has 1 unspecified atom stereocenters. The standard InChI is InChI=1S/C14H17Cl2NO3/c1-19-8-9-4-3-7-17(9)14(18)12-10(15)5-6-11(16)13(12)20-2/h5-6,9H,3-4,7-8H2,1-2H3. The Morgan fingerprint density at radius 1 is 1.35 bits per heavy atom. The molecule has 1 saturated heterocycles. The van der Waals surface area contributed by atoms with Gasteiger partial charge in [0, 0.05) is 13.7 Å². The predicted octanol–water partition coefficient (Wildman–Crippen LogP) is 3.25. The molecule has 1 aromatic carbocycles. The maximum absolute atomic E-state index is 12.7. The molecule has 0 radical (unpaired) electrons. The summed E-state index contributed by atoms with van der Waals surface area (Å²) >= 11 is 12.2. The van der Waals surface area contributed by atoms with Crippen molar-refractivity contribution in [3.63, 3.8) is 0 Å². The number of methoxy groups -OCH3 is 2. The van der Waals surface area contributed by atoms with E-state index in [4.69, 9.17) is 32.7 Å². The van der Waals surface area contributed by atoms with E-state index in [-0.39, 0.29) is 11.9 Å². The Morgan fingerprint density at radius 2 is 2.05 bits per heavy atom. The Kier molecular flexibility index (Phi) is 5.13. The number of rotatable bonds is 4. The molecule has 6 heteroatoms. The quantitative estimate of drug-likeness (QED) is 0.855. The van der Waals surface area contributed by atoms with Crippen LogP contribution in [-0.2, 0) is 4.74 Å². The molecule has 1 heterocycles. The van der Waals surface area contributed by atoms with Crippen molar-refractivity contribution >= 4 is 29.1 Å². The molecule has 0 aromatic heterocycles. The molecule has 1 aliphatic heterocycles. The molecule has 0 saturated carbocycles. The minimum absolute atomic E-state index is 0.0762. The van der Waals surface area contributed by atoms with Crippen LogP contribution in [0.15, 0.2) is 12.1 Å². The zero-order valence-corrected chi connectivity index (χ0v) is 13.0. The van der Waals surface area contributed by atoms with Crippen molar-refractivity contribution in [3.05, 3.63) is 27.7 Å². The van der Waals surface area contributed by atoms with Gasteiger partial charge in [-0.25, -0.2) is 0 Å². The predicted molar refractivity (Wildman–Crippen MR) is 78.9 cm³/mol. The number of hydrogen-bond donors (Lipinski definition) is 0. The molecule has 0 spiro atoms. The second kappa shape index (κ2) is 6.66. The summed E-state index contributed by atoms with van der Waals surface area (Å²) in [6.45, 7) is 1.21. The number of ether oxygens (including phenoxy) is 2. The van der Waals surface area contributed by atoms with Crippen LogP contribution in [0.1, 0.15) is 23.2 Å². The highest BCUT2D eigenvalue weighted by Gasteiger charge is 2.32. The van der Waals surface area contributed by atoms with Gasteiger partial charge in [-0.3, -0.25) is 4.79 Å². The minimum Gasteiger partial charge on any atom is -0.494 e. The first-order valence-corrected chi connectivity index (χ1v) is 7.17. The SMILES string of the molecule is COCC1CCCN1C(=O)c1c(Cl)ccc(Cl)c1OC. The van der Waals surface area contributed by atoms with E-state index in [2.05, 4.69) is 0 Å². The molecule has 4 nitrogen and oxygen atoms in total. The number of nitrogens with zero attached hydrogens (tertiary/aromatic N) is 1. The summed E-state index contributed by atoms with van der Waals surface area (Å²) in [5.41, 5.74) is 0.324. The monoisotopic (exact) mass is 317 g/mol. The van der Waals surface area contributed by atoms with E-state index in [9.17, 15) is 4.79 Å². The molecule has 110 valence electrons. The van der Waals surface area contributed by atoms with Crippen molar-refractivity contribution in [1.29, 1.82) is 0 Å². The summed E-state index contributed by atoms with van der Waals surface area (Å²) in [6, 6.07) is 3.31. The topological polar surface area (TPSA) is 38.8 Å². The van der Waals surface area contributed by atoms with Crippen LogP contribution in [0.2, 0.25) is 10.0 Å². The first-order chi connectivity index (χ1) is 9.60. The molecule has 1 fully saturated rings. The number of hydrogen-bond acceptors (Lipinski definition) is 3. The van der Waals surface area contributed by atoms with E-state index in [1.807, 2.05) is 0 Å². The van der Waals surface area contributed by atoms with Crippen LogP contribution >= 0.6 is 23.2 Å². The lowest BCUT2D eigenvalue weighted by atomic mass is 10.1. The van der Waals surface area contributed by atoms with Crippen molar-refractivity contribution in [2.75, 3.05) is 27.4 Å². The van der Waals surface area contributed by atoms with Gasteiger partial charge in [-0.1, -0.05) is 23.2 Å². The highest BCUT2D eigenvalue weighted by Crippen LogP contribution is 2.36. The maximum Gasteiger partial charge on any atom is 0.259 e. The lowest BCUT2D eigenvalue weighted by Gasteiger charge is -2.25. The third kappa shape index (κ3) is 2.87. The fraction of sp³-hybridized carbons (Fsp3) is 0.500. The summed E-state index contributed by atoms with van der Waals surface area (Å²) in [6.07, 6.45) is 1.89. The third-order valence-electron chi connectivity index (χ3n) is 3.47. The molecular weight excluding hydrogens is 301 g/mol. The van der Waals surface area contributed by atoms with Crippen LogP contribution in [-0.4, -0.2) is 44.2 Å². The minimum atomic E-state index is -0.158. The van der Waals surface area contributed by atoms with Gasteiger partial charge in [0.1, 0.15) is 5.56 Å². The van der Waals surface area contributed by atoms with E-state index >= 15 is 0 Å². The van der Waals surface area contributed by atoms with Crippen molar-refractivity contribution in [2.45, 2.75) is 18.9 Å². The fourth-order valence-corrected chi connectivity index (χ4v) is 3.01. The molecular formula is C14H17Cl2NO3. The molecule has 0 aliphatic carbocycles. The van der Waals surface area contributed by atoms with Gasteiger partial charge in [0.25, 0.3) is 5.91 Å². The Bertz CT molecular complexity index is 507. The summed E-state index contributed by atoms with van der Waals surface area (Å²) in [5.74, 6) is 0.168. The van der Waals surface area contributed by atoms with Gasteiger partial charge in [-0.2, -0.15) is 0 Å². The van der Waals surface area contributed by atoms with Gasteiger partial charge in [-0.15, -0.1) is 0 Å². The first kappa shape index (κ1) is 15.4. The number of benzene rings is 1. The van der Waals surface area contributed by atoms with Crippen LogP contribution in [0.4, 0.5) is 0 Å².